The number of nitrogens with zero attached hydrogens (tertiary/aromatic N) is 4. The molecule has 2 aromatic rings. The van der Waals surface area contributed by atoms with Crippen LogP contribution in [0.1, 0.15) is 18.4 Å². The van der Waals surface area contributed by atoms with Gasteiger partial charge in [0.1, 0.15) is 23.9 Å². The molecule has 1 N–H and O–H groups in total. The molecular formula is C12H11ClN4O. The molecule has 1 saturated carbocycles. The molecule has 1 aromatic heterocycles. The van der Waals surface area contributed by atoms with Crippen molar-refractivity contribution in [1.82, 2.24) is 14.8 Å². The lowest BCUT2D eigenvalue weighted by Crippen LogP contribution is -2.29. The van der Waals surface area contributed by atoms with Gasteiger partial charge in [-0.1, -0.05) is 28.9 Å². The molecular weight excluding hydrogens is 252 g/mol. The molecule has 1 aromatic carbocycles. The van der Waals surface area contributed by atoms with Crippen LogP contribution in [-0.4, -0.2) is 25.7 Å². The van der Waals surface area contributed by atoms with Crippen LogP contribution in [0.3, 0.4) is 0 Å². The molecule has 1 fully saturated rings. The SMILES string of the molecule is ON=C(c1ccc(Cl)cc1)C1(n2cncn2)CC1. The maximum Gasteiger partial charge on any atom is 0.137 e. The maximum absolute atomic E-state index is 9.32. The van der Waals surface area contributed by atoms with E-state index in [0.29, 0.717) is 10.7 Å². The molecule has 18 heavy (non-hydrogen) atoms. The molecule has 0 saturated heterocycles. The lowest BCUT2D eigenvalue weighted by Gasteiger charge is -2.17. The van der Waals surface area contributed by atoms with Crippen molar-refractivity contribution in [2.24, 2.45) is 5.16 Å². The molecule has 5 nitrogen and oxygen atoms in total. The molecule has 0 amide bonds. The summed E-state index contributed by atoms with van der Waals surface area (Å²) in [7, 11) is 0. The van der Waals surface area contributed by atoms with Crippen LogP contribution in [0.2, 0.25) is 5.02 Å². The van der Waals surface area contributed by atoms with Gasteiger partial charge < -0.3 is 5.21 Å². The fourth-order valence-electron chi connectivity index (χ4n) is 2.15. The summed E-state index contributed by atoms with van der Waals surface area (Å²) in [5.74, 6) is 0. The summed E-state index contributed by atoms with van der Waals surface area (Å²) in [6.45, 7) is 0. The van der Waals surface area contributed by atoms with E-state index in [-0.39, 0.29) is 5.54 Å². The van der Waals surface area contributed by atoms with E-state index in [2.05, 4.69) is 15.2 Å². The molecule has 0 bridgehead atoms. The highest BCUT2D eigenvalue weighted by molar-refractivity contribution is 6.30. The summed E-state index contributed by atoms with van der Waals surface area (Å²) >= 11 is 5.86. The minimum atomic E-state index is -0.362. The Morgan fingerprint density at radius 1 is 1.33 bits per heavy atom. The van der Waals surface area contributed by atoms with E-state index in [4.69, 9.17) is 11.6 Å². The van der Waals surface area contributed by atoms with Crippen molar-refractivity contribution in [2.75, 3.05) is 0 Å². The summed E-state index contributed by atoms with van der Waals surface area (Å²) in [6, 6.07) is 7.24. The Morgan fingerprint density at radius 2 is 2.06 bits per heavy atom. The van der Waals surface area contributed by atoms with E-state index in [9.17, 15) is 5.21 Å². The summed E-state index contributed by atoms with van der Waals surface area (Å²) < 4.78 is 1.75. The van der Waals surface area contributed by atoms with Crippen molar-refractivity contribution in [3.05, 3.63) is 47.5 Å². The summed E-state index contributed by atoms with van der Waals surface area (Å²) in [4.78, 5) is 3.95. The molecule has 1 aliphatic rings. The number of hydrogen-bond acceptors (Lipinski definition) is 4. The number of benzene rings is 1. The zero-order valence-corrected chi connectivity index (χ0v) is 10.2. The second-order valence-electron chi connectivity index (χ2n) is 4.33. The average molecular weight is 263 g/mol. The number of aromatic nitrogens is 3. The van der Waals surface area contributed by atoms with Crippen LogP contribution in [0.4, 0.5) is 0 Å². The fourth-order valence-corrected chi connectivity index (χ4v) is 2.28. The van der Waals surface area contributed by atoms with Crippen molar-refractivity contribution >= 4 is 17.3 Å². The van der Waals surface area contributed by atoms with Crippen LogP contribution >= 0.6 is 11.6 Å². The molecule has 6 heteroatoms. The van der Waals surface area contributed by atoms with E-state index < -0.39 is 0 Å². The maximum atomic E-state index is 9.32. The van der Waals surface area contributed by atoms with E-state index in [1.807, 2.05) is 12.1 Å². The van der Waals surface area contributed by atoms with E-state index in [0.717, 1.165) is 18.4 Å². The second kappa shape index (κ2) is 4.10. The van der Waals surface area contributed by atoms with Gasteiger partial charge in [0.05, 0.1) is 0 Å². The fraction of sp³-hybridized carbons (Fsp3) is 0.250. The first-order valence-corrected chi connectivity index (χ1v) is 5.98. The molecule has 1 aliphatic carbocycles. The zero-order chi connectivity index (χ0) is 12.6. The average Bonchev–Trinajstić information content (AvgIpc) is 2.99. The van der Waals surface area contributed by atoms with Crippen LogP contribution in [0.25, 0.3) is 0 Å². The monoisotopic (exact) mass is 262 g/mol. The Kier molecular flexibility index (Phi) is 2.56. The Morgan fingerprint density at radius 3 is 2.56 bits per heavy atom. The zero-order valence-electron chi connectivity index (χ0n) is 9.49. The van der Waals surface area contributed by atoms with Crippen molar-refractivity contribution in [3.8, 4) is 0 Å². The first-order valence-electron chi connectivity index (χ1n) is 5.60. The summed E-state index contributed by atoms with van der Waals surface area (Å²) in [5, 5.41) is 17.6. The van der Waals surface area contributed by atoms with Crippen LogP contribution in [0, 0.1) is 0 Å². The highest BCUT2D eigenvalue weighted by Gasteiger charge is 2.51. The van der Waals surface area contributed by atoms with Gasteiger partial charge in [0.15, 0.2) is 0 Å². The van der Waals surface area contributed by atoms with Gasteiger partial charge in [-0.2, -0.15) is 5.10 Å². The third-order valence-corrected chi connectivity index (χ3v) is 3.49. The van der Waals surface area contributed by atoms with Gasteiger partial charge in [-0.15, -0.1) is 0 Å². The van der Waals surface area contributed by atoms with Gasteiger partial charge in [0, 0.05) is 10.6 Å². The van der Waals surface area contributed by atoms with Crippen molar-refractivity contribution in [3.63, 3.8) is 0 Å². The quantitative estimate of drug-likeness (QED) is 0.524. The molecule has 92 valence electrons. The smallest absolute Gasteiger partial charge is 0.137 e. The second-order valence-corrected chi connectivity index (χ2v) is 4.76. The molecule has 0 radical (unpaired) electrons. The molecule has 0 atom stereocenters. The predicted molar refractivity (Wildman–Crippen MR) is 67.0 cm³/mol. The number of rotatable bonds is 3. The lowest BCUT2D eigenvalue weighted by atomic mass is 10.0. The minimum Gasteiger partial charge on any atom is -0.411 e. The molecule has 1 heterocycles. The first-order chi connectivity index (χ1) is 8.76. The number of oxime groups is 1. The normalized spacial score (nSPS) is 17.7. The van der Waals surface area contributed by atoms with Crippen LogP contribution < -0.4 is 0 Å². The van der Waals surface area contributed by atoms with Crippen LogP contribution in [0.5, 0.6) is 0 Å². The number of halogens is 1. The van der Waals surface area contributed by atoms with Gasteiger partial charge in [-0.25, -0.2) is 9.67 Å². The Bertz CT molecular complexity index is 573. The van der Waals surface area contributed by atoms with E-state index in [1.54, 1.807) is 23.1 Å². The van der Waals surface area contributed by atoms with Crippen molar-refractivity contribution in [1.29, 1.82) is 0 Å². The highest BCUT2D eigenvalue weighted by Crippen LogP contribution is 2.45. The highest BCUT2D eigenvalue weighted by atomic mass is 35.5. The first kappa shape index (κ1) is 11.2. The summed E-state index contributed by atoms with van der Waals surface area (Å²) in [5.41, 5.74) is 1.08. The summed E-state index contributed by atoms with van der Waals surface area (Å²) in [6.07, 6.45) is 4.90. The minimum absolute atomic E-state index is 0.362. The lowest BCUT2D eigenvalue weighted by molar-refractivity contribution is 0.313. The van der Waals surface area contributed by atoms with Gasteiger partial charge in [-0.05, 0) is 25.0 Å². The van der Waals surface area contributed by atoms with Crippen molar-refractivity contribution < 1.29 is 5.21 Å². The van der Waals surface area contributed by atoms with Crippen LogP contribution in [-0.2, 0) is 5.54 Å². The number of hydrogen-bond donors (Lipinski definition) is 1. The molecule has 0 unspecified atom stereocenters. The third-order valence-electron chi connectivity index (χ3n) is 3.24. The van der Waals surface area contributed by atoms with Crippen molar-refractivity contribution in [2.45, 2.75) is 18.4 Å². The largest absolute Gasteiger partial charge is 0.411 e. The predicted octanol–water partition coefficient (Wildman–Crippen LogP) is 2.30. The Hall–Kier alpha value is -1.88. The Balaban J connectivity index is 2.02. The molecule has 0 spiro atoms. The van der Waals surface area contributed by atoms with Gasteiger partial charge in [0.2, 0.25) is 0 Å². The topological polar surface area (TPSA) is 63.3 Å². The third kappa shape index (κ3) is 1.67. The molecule has 0 aliphatic heterocycles. The standard InChI is InChI=1S/C12H11ClN4O/c13-10-3-1-9(2-4-10)11(16-18)12(5-6-12)17-8-14-7-15-17/h1-4,7-8,18H,5-6H2. The van der Waals surface area contributed by atoms with E-state index >= 15 is 0 Å². The molecule has 3 rings (SSSR count). The van der Waals surface area contributed by atoms with Gasteiger partial charge in [0.25, 0.3) is 0 Å². The Labute approximate surface area is 109 Å². The van der Waals surface area contributed by atoms with Gasteiger partial charge >= 0.3 is 0 Å². The van der Waals surface area contributed by atoms with Gasteiger partial charge in [-0.3, -0.25) is 0 Å². The van der Waals surface area contributed by atoms with Crippen LogP contribution in [0.15, 0.2) is 42.1 Å². The van der Waals surface area contributed by atoms with E-state index in [1.165, 1.54) is 6.33 Å².